The summed E-state index contributed by atoms with van der Waals surface area (Å²) in [5.74, 6) is -0.733. The summed E-state index contributed by atoms with van der Waals surface area (Å²) in [4.78, 5) is 46.0. The molecule has 8 nitrogen and oxygen atoms in total. The molecule has 2 amide bonds. The molecule has 2 aromatic heterocycles. The molecule has 2 aliphatic heterocycles. The molecule has 1 saturated carbocycles. The van der Waals surface area contributed by atoms with Crippen molar-refractivity contribution in [2.24, 2.45) is 17.8 Å². The number of hydrogen-bond acceptors (Lipinski definition) is 5. The van der Waals surface area contributed by atoms with Crippen LogP contribution in [-0.2, 0) is 16.1 Å². The van der Waals surface area contributed by atoms with Gasteiger partial charge in [-0.15, -0.1) is 0 Å². The van der Waals surface area contributed by atoms with Gasteiger partial charge in [0.25, 0.3) is 5.56 Å². The molecule has 0 radical (unpaired) electrons. The number of aliphatic hydroxyl groups excluding tert-OH is 1. The van der Waals surface area contributed by atoms with Crippen LogP contribution in [0, 0.1) is 17.8 Å². The van der Waals surface area contributed by atoms with Crippen LogP contribution in [0.2, 0.25) is 0 Å². The first-order valence-electron chi connectivity index (χ1n) is 11.9. The zero-order chi connectivity index (χ0) is 23.1. The van der Waals surface area contributed by atoms with Crippen molar-refractivity contribution in [1.29, 1.82) is 0 Å². The van der Waals surface area contributed by atoms with Crippen molar-refractivity contribution in [1.82, 2.24) is 19.8 Å². The maximum Gasteiger partial charge on any atom is 0.258 e. The van der Waals surface area contributed by atoms with Gasteiger partial charge >= 0.3 is 0 Å². The van der Waals surface area contributed by atoms with E-state index in [4.69, 9.17) is 0 Å². The number of carbonyl (C=O) groups is 2. The summed E-state index contributed by atoms with van der Waals surface area (Å²) in [7, 11) is 0. The van der Waals surface area contributed by atoms with Crippen molar-refractivity contribution in [3.63, 3.8) is 0 Å². The molecular weight excluding hydrogens is 420 g/mol. The number of amides is 2. The molecule has 0 spiro atoms. The molecule has 2 fully saturated rings. The molecule has 4 atom stereocenters. The number of aromatic nitrogens is 2. The van der Waals surface area contributed by atoms with Crippen molar-refractivity contribution < 1.29 is 14.7 Å². The molecule has 2 N–H and O–H groups in total. The molecule has 4 heterocycles. The summed E-state index contributed by atoms with van der Waals surface area (Å²) in [6.07, 6.45) is 6.68. The SMILES string of the molecule is CCCNC(=O)[C@H]1[C@H](CO)[C@H]2Cn3c(ccc(-c4ccncc4)c3=O)[C@@H]1N2C(=O)CC1CC1. The number of nitrogens with one attached hydrogen (secondary N) is 1. The Hall–Kier alpha value is -3.00. The van der Waals surface area contributed by atoms with E-state index in [0.717, 1.165) is 24.8 Å². The zero-order valence-electron chi connectivity index (χ0n) is 18.8. The van der Waals surface area contributed by atoms with Gasteiger partial charge < -0.3 is 19.9 Å². The standard InChI is InChI=1S/C25H30N4O4/c1-2-9-27-24(32)22-18(14-30)20-13-28-19(23(22)29(20)21(31)12-15-3-4-15)6-5-17(25(28)33)16-7-10-26-11-8-16/h5-8,10-11,15,18,20,22-23,30H,2-4,9,12-14H2,1H3,(H,27,32)/t18-,20-,22+,23+/m1/s1. The Kier molecular flexibility index (Phi) is 5.78. The van der Waals surface area contributed by atoms with Gasteiger partial charge in [-0.2, -0.15) is 0 Å². The van der Waals surface area contributed by atoms with Crippen LogP contribution in [0.15, 0.2) is 41.5 Å². The minimum absolute atomic E-state index is 0.0219. The van der Waals surface area contributed by atoms with Crippen molar-refractivity contribution in [2.45, 2.75) is 51.2 Å². The van der Waals surface area contributed by atoms with Crippen LogP contribution in [0.5, 0.6) is 0 Å². The van der Waals surface area contributed by atoms with Crippen LogP contribution in [0.4, 0.5) is 0 Å². The molecule has 2 aromatic rings. The summed E-state index contributed by atoms with van der Waals surface area (Å²) in [5, 5.41) is 13.3. The lowest BCUT2D eigenvalue weighted by Crippen LogP contribution is -2.49. The maximum atomic E-state index is 13.5. The van der Waals surface area contributed by atoms with Crippen molar-refractivity contribution in [2.75, 3.05) is 13.2 Å². The molecular formula is C25H30N4O4. The monoisotopic (exact) mass is 450 g/mol. The number of rotatable bonds is 7. The van der Waals surface area contributed by atoms with E-state index in [1.54, 1.807) is 35.2 Å². The van der Waals surface area contributed by atoms with Gasteiger partial charge in [0.05, 0.1) is 18.0 Å². The maximum absolute atomic E-state index is 13.5. The lowest BCUT2D eigenvalue weighted by molar-refractivity contribution is -0.137. The van der Waals surface area contributed by atoms with Crippen LogP contribution < -0.4 is 10.9 Å². The molecule has 8 heteroatoms. The first kappa shape index (κ1) is 21.8. The third-order valence-electron chi connectivity index (χ3n) is 7.34. The molecule has 5 rings (SSSR count). The average Bonchev–Trinajstić information content (AvgIpc) is 3.61. The highest BCUT2D eigenvalue weighted by molar-refractivity contribution is 5.84. The van der Waals surface area contributed by atoms with E-state index in [-0.39, 0.29) is 36.6 Å². The Morgan fingerprint density at radius 1 is 1.18 bits per heavy atom. The van der Waals surface area contributed by atoms with E-state index >= 15 is 0 Å². The lowest BCUT2D eigenvalue weighted by Gasteiger charge is -2.38. The van der Waals surface area contributed by atoms with Crippen molar-refractivity contribution in [3.05, 3.63) is 52.7 Å². The fourth-order valence-electron chi connectivity index (χ4n) is 5.54. The van der Waals surface area contributed by atoms with Gasteiger partial charge in [-0.05, 0) is 55.0 Å². The minimum atomic E-state index is -0.588. The fourth-order valence-corrected chi connectivity index (χ4v) is 5.54. The first-order chi connectivity index (χ1) is 16.0. The molecule has 1 aliphatic carbocycles. The topological polar surface area (TPSA) is 105 Å². The van der Waals surface area contributed by atoms with Gasteiger partial charge in [0.2, 0.25) is 11.8 Å². The zero-order valence-corrected chi connectivity index (χ0v) is 18.8. The van der Waals surface area contributed by atoms with E-state index in [9.17, 15) is 19.5 Å². The largest absolute Gasteiger partial charge is 0.396 e. The molecule has 1 saturated heterocycles. The number of nitrogens with zero attached hydrogens (tertiary/aromatic N) is 3. The van der Waals surface area contributed by atoms with E-state index in [1.165, 1.54) is 0 Å². The van der Waals surface area contributed by atoms with Gasteiger partial charge in [0.1, 0.15) is 0 Å². The average molecular weight is 451 g/mol. The first-order valence-corrected chi connectivity index (χ1v) is 11.9. The molecule has 0 aromatic carbocycles. The Morgan fingerprint density at radius 2 is 1.94 bits per heavy atom. The minimum Gasteiger partial charge on any atom is -0.396 e. The second-order valence-electron chi connectivity index (χ2n) is 9.45. The Bertz CT molecular complexity index is 1110. The highest BCUT2D eigenvalue weighted by Crippen LogP contribution is 2.49. The molecule has 174 valence electrons. The van der Waals surface area contributed by atoms with Crippen LogP contribution in [0.3, 0.4) is 0 Å². The van der Waals surface area contributed by atoms with Crippen LogP contribution in [0.25, 0.3) is 11.1 Å². The van der Waals surface area contributed by atoms with E-state index in [2.05, 4.69) is 10.3 Å². The highest BCUT2D eigenvalue weighted by Gasteiger charge is 2.57. The Morgan fingerprint density at radius 3 is 2.61 bits per heavy atom. The second-order valence-corrected chi connectivity index (χ2v) is 9.45. The summed E-state index contributed by atoms with van der Waals surface area (Å²) in [6, 6.07) is 6.30. The van der Waals surface area contributed by atoms with Gasteiger partial charge in [0.15, 0.2) is 0 Å². The van der Waals surface area contributed by atoms with E-state index < -0.39 is 17.9 Å². The molecule has 0 unspecified atom stereocenters. The Balaban J connectivity index is 1.60. The van der Waals surface area contributed by atoms with Crippen molar-refractivity contribution in [3.8, 4) is 11.1 Å². The van der Waals surface area contributed by atoms with Gasteiger partial charge in [-0.25, -0.2) is 0 Å². The normalized spacial score (nSPS) is 25.6. The van der Waals surface area contributed by atoms with Gasteiger partial charge in [0, 0.05) is 55.7 Å². The third kappa shape index (κ3) is 3.76. The van der Waals surface area contributed by atoms with Crippen LogP contribution in [0.1, 0.15) is 44.3 Å². The highest BCUT2D eigenvalue weighted by atomic mass is 16.3. The van der Waals surface area contributed by atoms with Crippen molar-refractivity contribution >= 4 is 11.8 Å². The summed E-state index contributed by atoms with van der Waals surface area (Å²) < 4.78 is 1.71. The van der Waals surface area contributed by atoms with Gasteiger partial charge in [-0.3, -0.25) is 19.4 Å². The molecule has 3 aliphatic rings. The van der Waals surface area contributed by atoms with E-state index in [0.29, 0.717) is 30.1 Å². The lowest BCUT2D eigenvalue weighted by atomic mass is 9.86. The summed E-state index contributed by atoms with van der Waals surface area (Å²) in [5.41, 5.74) is 1.87. The molecule has 33 heavy (non-hydrogen) atoms. The third-order valence-corrected chi connectivity index (χ3v) is 7.34. The van der Waals surface area contributed by atoms with Crippen LogP contribution in [-0.4, -0.2) is 50.6 Å². The van der Waals surface area contributed by atoms with E-state index in [1.807, 2.05) is 17.9 Å². The predicted molar refractivity (Wildman–Crippen MR) is 122 cm³/mol. The quantitative estimate of drug-likeness (QED) is 0.669. The summed E-state index contributed by atoms with van der Waals surface area (Å²) in [6.45, 7) is 2.59. The number of aliphatic hydroxyl groups is 1. The number of hydrogen-bond donors (Lipinski definition) is 2. The number of fused-ring (bicyclic) bond motifs is 4. The number of carbonyl (C=O) groups excluding carboxylic acids is 2. The number of pyridine rings is 2. The smallest absolute Gasteiger partial charge is 0.258 e. The fraction of sp³-hybridized carbons (Fsp3) is 0.520. The van der Waals surface area contributed by atoms with Gasteiger partial charge in [-0.1, -0.05) is 6.92 Å². The Labute approximate surface area is 192 Å². The predicted octanol–water partition coefficient (Wildman–Crippen LogP) is 1.73. The molecule has 2 bridgehead atoms. The van der Waals surface area contributed by atoms with Crippen LogP contribution >= 0.6 is 0 Å². The second kappa shape index (κ2) is 8.74. The summed E-state index contributed by atoms with van der Waals surface area (Å²) >= 11 is 0.